The van der Waals surface area contributed by atoms with Crippen LogP contribution in [0.1, 0.15) is 61.0 Å². The van der Waals surface area contributed by atoms with Crippen molar-refractivity contribution in [3.05, 3.63) is 72.6 Å². The molecule has 2 unspecified atom stereocenters. The second-order valence-corrected chi connectivity index (χ2v) is 14.7. The van der Waals surface area contributed by atoms with E-state index in [4.69, 9.17) is 5.10 Å². The van der Waals surface area contributed by atoms with Crippen LogP contribution in [0.25, 0.3) is 38.4 Å². The van der Waals surface area contributed by atoms with E-state index in [0.29, 0.717) is 33.8 Å². The molecule has 10 rings (SSSR count). The summed E-state index contributed by atoms with van der Waals surface area (Å²) in [6.07, 6.45) is 18.2. The minimum atomic E-state index is -1.02. The highest BCUT2D eigenvalue weighted by molar-refractivity contribution is 7.22. The van der Waals surface area contributed by atoms with Crippen LogP contribution in [-0.4, -0.2) is 45.2 Å². The first-order valence-corrected chi connectivity index (χ1v) is 16.9. The van der Waals surface area contributed by atoms with Crippen LogP contribution in [0.15, 0.2) is 61.3 Å². The summed E-state index contributed by atoms with van der Waals surface area (Å²) in [6, 6.07) is 9.83. The number of carboxylic acids is 1. The summed E-state index contributed by atoms with van der Waals surface area (Å²) in [4.78, 5) is 31.1. The number of hydrogen-bond acceptors (Lipinski definition) is 8. The molecule has 2 atom stereocenters. The smallest absolute Gasteiger partial charge is 0.340 e. The summed E-state index contributed by atoms with van der Waals surface area (Å²) >= 11 is 1.55. The van der Waals surface area contributed by atoms with Gasteiger partial charge in [-0.15, -0.1) is 0 Å². The van der Waals surface area contributed by atoms with Gasteiger partial charge in [0.25, 0.3) is 0 Å². The van der Waals surface area contributed by atoms with Crippen molar-refractivity contribution in [1.82, 2.24) is 34.1 Å². The molecule has 10 nitrogen and oxygen atoms in total. The minimum absolute atomic E-state index is 0.157. The fourth-order valence-electron chi connectivity index (χ4n) is 8.99. The number of nitrogens with zero attached hydrogens (tertiary/aromatic N) is 7. The van der Waals surface area contributed by atoms with Gasteiger partial charge in [-0.1, -0.05) is 36.3 Å². The highest BCUT2D eigenvalue weighted by atomic mass is 32.1. The summed E-state index contributed by atoms with van der Waals surface area (Å²) < 4.78 is 5.01. The maximum atomic E-state index is 12.8. The quantitative estimate of drug-likeness (QED) is 0.185. The van der Waals surface area contributed by atoms with Crippen LogP contribution in [0.4, 0.5) is 10.9 Å². The fraction of sp³-hybridized carbons (Fsp3) is 0.371. The van der Waals surface area contributed by atoms with Crippen LogP contribution >= 0.6 is 11.3 Å². The molecule has 6 aromatic rings. The molecular weight excluding hydrogens is 597 g/mol. The number of rotatable bonds is 7. The zero-order chi connectivity index (χ0) is 31.0. The van der Waals surface area contributed by atoms with Gasteiger partial charge in [-0.05, 0) is 80.4 Å². The van der Waals surface area contributed by atoms with Crippen molar-refractivity contribution in [2.45, 2.75) is 58.4 Å². The molecule has 0 spiro atoms. The number of nitrogens with one attached hydrogen (secondary N) is 1. The lowest BCUT2D eigenvalue weighted by Crippen LogP contribution is -2.40. The third-order valence-electron chi connectivity index (χ3n) is 10.7. The maximum Gasteiger partial charge on any atom is 0.340 e. The number of pyridine rings is 1. The van der Waals surface area contributed by atoms with Crippen LogP contribution in [0.2, 0.25) is 0 Å². The molecule has 0 amide bonds. The minimum Gasteiger partial charge on any atom is -0.478 e. The number of benzene rings is 1. The molecule has 0 aliphatic heterocycles. The molecule has 232 valence electrons. The molecule has 1 aromatic carbocycles. The predicted molar refractivity (Wildman–Crippen MR) is 177 cm³/mol. The van der Waals surface area contributed by atoms with Crippen molar-refractivity contribution >= 4 is 44.1 Å². The third kappa shape index (κ3) is 4.59. The average molecular weight is 631 g/mol. The molecule has 4 bridgehead atoms. The van der Waals surface area contributed by atoms with Gasteiger partial charge in [0.15, 0.2) is 16.6 Å². The normalized spacial score (nSPS) is 23.7. The molecule has 4 saturated carbocycles. The summed E-state index contributed by atoms with van der Waals surface area (Å²) in [7, 11) is 0. The summed E-state index contributed by atoms with van der Waals surface area (Å²) in [6.45, 7) is 2.99. The van der Waals surface area contributed by atoms with Gasteiger partial charge in [0, 0.05) is 29.6 Å². The van der Waals surface area contributed by atoms with Crippen LogP contribution < -0.4 is 5.32 Å². The Hall–Kier alpha value is -4.64. The summed E-state index contributed by atoms with van der Waals surface area (Å²) in [5.74, 6) is 2.12. The van der Waals surface area contributed by atoms with Gasteiger partial charge in [0.1, 0.15) is 11.3 Å². The van der Waals surface area contributed by atoms with Crippen molar-refractivity contribution in [2.24, 2.45) is 23.2 Å². The Morgan fingerprint density at radius 1 is 0.978 bits per heavy atom. The van der Waals surface area contributed by atoms with E-state index in [9.17, 15) is 9.90 Å². The van der Waals surface area contributed by atoms with Gasteiger partial charge in [-0.3, -0.25) is 9.08 Å². The molecule has 4 aliphatic carbocycles. The molecule has 5 heterocycles. The second-order valence-electron chi connectivity index (χ2n) is 13.7. The van der Waals surface area contributed by atoms with Crippen molar-refractivity contribution in [3.63, 3.8) is 0 Å². The van der Waals surface area contributed by atoms with Crippen molar-refractivity contribution in [1.29, 1.82) is 0 Å². The number of imidazole rings is 1. The number of aromatic nitrogens is 7. The number of carbonyl (C=O) groups is 1. The van der Waals surface area contributed by atoms with E-state index in [-0.39, 0.29) is 5.56 Å². The van der Waals surface area contributed by atoms with Gasteiger partial charge in [-0.2, -0.15) is 5.10 Å². The molecule has 46 heavy (non-hydrogen) atoms. The first kappa shape index (κ1) is 27.7. The second kappa shape index (κ2) is 10.4. The number of thiazole rings is 1. The largest absolute Gasteiger partial charge is 0.478 e. The van der Waals surface area contributed by atoms with E-state index in [1.165, 1.54) is 44.9 Å². The predicted octanol–water partition coefficient (Wildman–Crippen LogP) is 7.62. The molecule has 11 heteroatoms. The molecule has 4 fully saturated rings. The highest BCUT2D eigenvalue weighted by Gasteiger charge is 2.48. The van der Waals surface area contributed by atoms with Crippen LogP contribution in [-0.2, 0) is 6.54 Å². The molecule has 0 saturated heterocycles. The monoisotopic (exact) mass is 630 g/mol. The average Bonchev–Trinajstić information content (AvgIpc) is 3.71. The topological polar surface area (TPSA) is 123 Å². The van der Waals surface area contributed by atoms with Gasteiger partial charge < -0.3 is 10.4 Å². The molecule has 0 radical (unpaired) electrons. The number of aromatic carboxylic acids is 1. The number of anilines is 2. The molecule has 4 aliphatic rings. The van der Waals surface area contributed by atoms with Gasteiger partial charge in [0.05, 0.1) is 40.7 Å². The summed E-state index contributed by atoms with van der Waals surface area (Å²) in [5, 5.41) is 19.3. The van der Waals surface area contributed by atoms with Crippen molar-refractivity contribution < 1.29 is 9.90 Å². The Balaban J connectivity index is 1.01. The molecular formula is C35H34N8O2S. The van der Waals surface area contributed by atoms with E-state index in [2.05, 4.69) is 36.9 Å². The van der Waals surface area contributed by atoms with Crippen LogP contribution in [0.3, 0.4) is 0 Å². The Morgan fingerprint density at radius 3 is 2.54 bits per heavy atom. The van der Waals surface area contributed by atoms with E-state index < -0.39 is 5.97 Å². The number of hydrogen-bond donors (Lipinski definition) is 2. The first-order valence-electron chi connectivity index (χ1n) is 16.1. The number of fused-ring (bicyclic) bond motifs is 3. The van der Waals surface area contributed by atoms with E-state index in [0.717, 1.165) is 50.9 Å². The van der Waals surface area contributed by atoms with E-state index in [1.54, 1.807) is 34.3 Å². The highest BCUT2D eigenvalue weighted by Crippen LogP contribution is 2.58. The SMILES string of the molecule is Cc1c(-c2ccn3c(-c4cnc(Nc5nc6ccccc6s5)cn4)cnc3c2C(=O)O)cnn1CC12CC3CCC(CC(C3)C1)C2. The van der Waals surface area contributed by atoms with Gasteiger partial charge >= 0.3 is 5.97 Å². The lowest BCUT2D eigenvalue weighted by atomic mass is 9.58. The molecule has 2 N–H and O–H groups in total. The van der Waals surface area contributed by atoms with Crippen LogP contribution in [0, 0.1) is 30.1 Å². The zero-order valence-electron chi connectivity index (χ0n) is 25.6. The first-order chi connectivity index (χ1) is 22.4. The number of carboxylic acid groups (broad SMARTS) is 1. The lowest BCUT2D eigenvalue weighted by molar-refractivity contribution is 0.0169. The van der Waals surface area contributed by atoms with Crippen molar-refractivity contribution in [3.8, 4) is 22.5 Å². The van der Waals surface area contributed by atoms with Crippen molar-refractivity contribution in [2.75, 3.05) is 5.32 Å². The standard InChI is InChI=1S/C35H34N8O2S/c1-20-25(15-39-43(20)19-35-12-21-6-7-22(13-35)11-23(10-21)14-35)24-8-9-42-28(17-38-32(42)31(24)33(44)45)27-16-37-30(18-36-27)41-34-40-26-4-2-3-5-29(26)46-34/h2-5,8-9,15-18,21-23H,6-7,10-14,19H2,1H3,(H,44,45)(H,37,40,41). The van der Waals surface area contributed by atoms with E-state index in [1.807, 2.05) is 42.7 Å². The fourth-order valence-corrected chi connectivity index (χ4v) is 9.86. The maximum absolute atomic E-state index is 12.8. The number of para-hydroxylation sites is 1. The molecule has 5 aromatic heterocycles. The van der Waals surface area contributed by atoms with E-state index >= 15 is 0 Å². The lowest BCUT2D eigenvalue weighted by Gasteiger charge is -2.48. The Labute approximate surface area is 269 Å². The Bertz CT molecular complexity index is 2080. The van der Waals surface area contributed by atoms with Gasteiger partial charge in [-0.25, -0.2) is 24.7 Å². The Morgan fingerprint density at radius 2 is 1.78 bits per heavy atom. The summed E-state index contributed by atoms with van der Waals surface area (Å²) in [5.41, 5.74) is 5.50. The van der Waals surface area contributed by atoms with Gasteiger partial charge in [0.2, 0.25) is 0 Å². The Kier molecular flexibility index (Phi) is 6.28. The zero-order valence-corrected chi connectivity index (χ0v) is 26.4. The third-order valence-corrected chi connectivity index (χ3v) is 11.6. The van der Waals surface area contributed by atoms with Crippen LogP contribution in [0.5, 0.6) is 0 Å².